The largest absolute Gasteiger partial charge is 0.335 e. The molecule has 0 unspecified atom stereocenters. The van der Waals surface area contributed by atoms with Crippen molar-refractivity contribution in [2.24, 2.45) is 5.41 Å². The molecule has 0 aromatic heterocycles. The van der Waals surface area contributed by atoms with Gasteiger partial charge in [0.15, 0.2) is 0 Å². The van der Waals surface area contributed by atoms with Crippen molar-refractivity contribution in [3.8, 4) is 0 Å². The molecule has 1 N–H and O–H groups in total. The van der Waals surface area contributed by atoms with Crippen LogP contribution in [-0.2, 0) is 23.1 Å². The molecule has 152 valence electrons. The molecule has 4 heteroatoms. The summed E-state index contributed by atoms with van der Waals surface area (Å²) in [4.78, 5) is 27.3. The molecule has 2 aliphatic rings. The van der Waals surface area contributed by atoms with Crippen molar-refractivity contribution < 1.29 is 9.59 Å². The summed E-state index contributed by atoms with van der Waals surface area (Å²) in [6.45, 7) is 11.9. The highest BCUT2D eigenvalue weighted by Crippen LogP contribution is 2.51. The van der Waals surface area contributed by atoms with Crippen LogP contribution >= 0.6 is 0 Å². The van der Waals surface area contributed by atoms with Gasteiger partial charge >= 0.3 is 0 Å². The van der Waals surface area contributed by atoms with Gasteiger partial charge in [0.25, 0.3) is 5.91 Å². The van der Waals surface area contributed by atoms with Gasteiger partial charge in [-0.25, -0.2) is 0 Å². The Morgan fingerprint density at radius 3 is 2.55 bits per heavy atom. The number of carbonyl (C=O) groups is 2. The second-order valence-corrected chi connectivity index (χ2v) is 9.41. The zero-order chi connectivity index (χ0) is 21.0. The molecule has 4 nitrogen and oxygen atoms in total. The zero-order valence-electron chi connectivity index (χ0n) is 18.0. The minimum atomic E-state index is -0.0960. The van der Waals surface area contributed by atoms with E-state index in [0.29, 0.717) is 18.5 Å². The van der Waals surface area contributed by atoms with E-state index in [9.17, 15) is 9.59 Å². The number of amides is 2. The number of rotatable bonds is 3. The molecule has 0 saturated carbocycles. The molecule has 2 amide bonds. The van der Waals surface area contributed by atoms with E-state index in [1.54, 1.807) is 0 Å². The van der Waals surface area contributed by atoms with Crippen LogP contribution in [0.1, 0.15) is 61.7 Å². The van der Waals surface area contributed by atoms with Crippen molar-refractivity contribution in [2.45, 2.75) is 58.9 Å². The molecule has 2 aromatic rings. The van der Waals surface area contributed by atoms with Crippen molar-refractivity contribution in [3.63, 3.8) is 0 Å². The van der Waals surface area contributed by atoms with Crippen LogP contribution in [-0.4, -0.2) is 29.3 Å². The van der Waals surface area contributed by atoms with Crippen LogP contribution in [0, 0.1) is 5.41 Å². The van der Waals surface area contributed by atoms with Crippen molar-refractivity contribution in [1.29, 1.82) is 0 Å². The topological polar surface area (TPSA) is 49.4 Å². The van der Waals surface area contributed by atoms with Crippen molar-refractivity contribution in [2.75, 3.05) is 11.9 Å². The number of likely N-dealkylation sites (N-methyl/N-ethyl adjacent to an activating group) is 1. The van der Waals surface area contributed by atoms with Crippen LogP contribution in [0.15, 0.2) is 42.5 Å². The second kappa shape index (κ2) is 6.72. The standard InChI is InChI=1S/C25H30N2O2/c1-6-27(23(29)17-11-12-20-18(13-17)15-22(28)26-20)21-14-16-9-7-8-10-19(16)24(2,3)25(21,4)5/h7-13,21H,6,14-15H2,1-5H3,(H,26,28)/t21-/m1/s1. The van der Waals surface area contributed by atoms with Crippen LogP contribution in [0.5, 0.6) is 0 Å². The zero-order valence-corrected chi connectivity index (χ0v) is 18.0. The Kier molecular flexibility index (Phi) is 4.56. The van der Waals surface area contributed by atoms with E-state index in [4.69, 9.17) is 0 Å². The highest BCUT2D eigenvalue weighted by molar-refractivity contribution is 6.01. The number of hydrogen-bond acceptors (Lipinski definition) is 2. The lowest BCUT2D eigenvalue weighted by molar-refractivity contribution is -0.115. The van der Waals surface area contributed by atoms with Crippen LogP contribution in [0.4, 0.5) is 5.69 Å². The minimum absolute atomic E-state index is 0.0104. The first-order valence-corrected chi connectivity index (χ1v) is 10.5. The Labute approximate surface area is 173 Å². The summed E-state index contributed by atoms with van der Waals surface area (Å²) in [5.41, 5.74) is 4.95. The van der Waals surface area contributed by atoms with Crippen LogP contribution < -0.4 is 5.32 Å². The molecular formula is C25H30N2O2. The number of benzene rings is 2. The summed E-state index contributed by atoms with van der Waals surface area (Å²) in [5.74, 6) is 0.0339. The maximum atomic E-state index is 13.6. The fourth-order valence-electron chi connectivity index (χ4n) is 5.07. The minimum Gasteiger partial charge on any atom is -0.335 e. The molecule has 1 heterocycles. The molecule has 0 saturated heterocycles. The predicted molar refractivity (Wildman–Crippen MR) is 116 cm³/mol. The molecule has 1 atom stereocenters. The molecule has 0 fully saturated rings. The predicted octanol–water partition coefficient (Wildman–Crippen LogP) is 4.57. The highest BCUT2D eigenvalue weighted by Gasteiger charge is 2.51. The smallest absolute Gasteiger partial charge is 0.254 e. The number of carbonyl (C=O) groups excluding carboxylic acids is 2. The fourth-order valence-corrected chi connectivity index (χ4v) is 5.07. The van der Waals surface area contributed by atoms with Crippen LogP contribution in [0.25, 0.3) is 0 Å². The molecule has 4 rings (SSSR count). The van der Waals surface area contributed by atoms with Crippen molar-refractivity contribution >= 4 is 17.5 Å². The van der Waals surface area contributed by atoms with Crippen LogP contribution in [0.2, 0.25) is 0 Å². The lowest BCUT2D eigenvalue weighted by atomic mass is 9.55. The number of nitrogens with zero attached hydrogens (tertiary/aromatic N) is 1. The summed E-state index contributed by atoms with van der Waals surface area (Å²) >= 11 is 0. The molecule has 0 bridgehead atoms. The monoisotopic (exact) mass is 390 g/mol. The van der Waals surface area contributed by atoms with E-state index in [1.807, 2.05) is 23.1 Å². The van der Waals surface area contributed by atoms with Gasteiger partial charge in [0.2, 0.25) is 5.91 Å². The molecule has 0 spiro atoms. The van der Waals surface area contributed by atoms with Gasteiger partial charge < -0.3 is 10.2 Å². The van der Waals surface area contributed by atoms with E-state index in [1.165, 1.54) is 11.1 Å². The third-order valence-electron chi connectivity index (χ3n) is 7.50. The summed E-state index contributed by atoms with van der Waals surface area (Å²) in [7, 11) is 0. The van der Waals surface area contributed by atoms with E-state index in [0.717, 1.165) is 17.7 Å². The van der Waals surface area contributed by atoms with Gasteiger partial charge in [0.05, 0.1) is 6.42 Å². The maximum absolute atomic E-state index is 13.6. The molecular weight excluding hydrogens is 360 g/mol. The Hall–Kier alpha value is -2.62. The molecule has 2 aromatic carbocycles. The Balaban J connectivity index is 1.72. The fraction of sp³-hybridized carbons (Fsp3) is 0.440. The van der Waals surface area contributed by atoms with Gasteiger partial charge in [0.1, 0.15) is 0 Å². The van der Waals surface area contributed by atoms with Crippen molar-refractivity contribution in [1.82, 2.24) is 4.90 Å². The average molecular weight is 391 g/mol. The quantitative estimate of drug-likeness (QED) is 0.834. The maximum Gasteiger partial charge on any atom is 0.254 e. The van der Waals surface area contributed by atoms with E-state index in [-0.39, 0.29) is 28.7 Å². The third kappa shape index (κ3) is 2.97. The molecule has 1 aliphatic heterocycles. The summed E-state index contributed by atoms with van der Waals surface area (Å²) in [6, 6.07) is 14.3. The number of hydrogen-bond donors (Lipinski definition) is 1. The van der Waals surface area contributed by atoms with Gasteiger partial charge in [-0.15, -0.1) is 0 Å². The van der Waals surface area contributed by atoms with Gasteiger partial charge in [-0.05, 0) is 59.1 Å². The third-order valence-corrected chi connectivity index (χ3v) is 7.50. The Morgan fingerprint density at radius 1 is 1.10 bits per heavy atom. The molecule has 1 aliphatic carbocycles. The van der Waals surface area contributed by atoms with E-state index in [2.05, 4.69) is 64.2 Å². The lowest BCUT2D eigenvalue weighted by Gasteiger charge is -2.55. The lowest BCUT2D eigenvalue weighted by Crippen LogP contribution is -2.58. The summed E-state index contributed by atoms with van der Waals surface area (Å²) < 4.78 is 0. The normalized spacial score (nSPS) is 21.1. The van der Waals surface area contributed by atoms with Gasteiger partial charge in [-0.1, -0.05) is 52.0 Å². The Morgan fingerprint density at radius 2 is 1.83 bits per heavy atom. The Bertz CT molecular complexity index is 990. The first-order valence-electron chi connectivity index (χ1n) is 10.5. The van der Waals surface area contributed by atoms with Crippen molar-refractivity contribution in [3.05, 3.63) is 64.7 Å². The number of anilines is 1. The number of nitrogens with one attached hydrogen (secondary N) is 1. The van der Waals surface area contributed by atoms with Gasteiger partial charge in [-0.3, -0.25) is 9.59 Å². The van der Waals surface area contributed by atoms with E-state index < -0.39 is 0 Å². The molecule has 0 radical (unpaired) electrons. The van der Waals surface area contributed by atoms with E-state index >= 15 is 0 Å². The summed E-state index contributed by atoms with van der Waals surface area (Å²) in [6.07, 6.45) is 1.20. The molecule has 29 heavy (non-hydrogen) atoms. The van der Waals surface area contributed by atoms with Gasteiger partial charge in [0, 0.05) is 23.8 Å². The average Bonchev–Trinajstić information content (AvgIpc) is 3.06. The highest BCUT2D eigenvalue weighted by atomic mass is 16.2. The summed E-state index contributed by atoms with van der Waals surface area (Å²) in [5, 5.41) is 2.84. The SMILES string of the molecule is CCN(C(=O)c1ccc2c(c1)CC(=O)N2)[C@@H]1Cc2ccccc2C(C)(C)C1(C)C. The second-order valence-electron chi connectivity index (χ2n) is 9.41. The first kappa shape index (κ1) is 19.7. The first-order chi connectivity index (χ1) is 13.7. The van der Waals surface area contributed by atoms with Gasteiger partial charge in [-0.2, -0.15) is 0 Å². The van der Waals surface area contributed by atoms with Crippen LogP contribution in [0.3, 0.4) is 0 Å². The number of fused-ring (bicyclic) bond motifs is 2.